The zero-order valence-electron chi connectivity index (χ0n) is 10.1. The summed E-state index contributed by atoms with van der Waals surface area (Å²) in [6, 6.07) is 5.93. The van der Waals surface area contributed by atoms with E-state index in [-0.39, 0.29) is 12.0 Å². The van der Waals surface area contributed by atoms with E-state index >= 15 is 0 Å². The predicted octanol–water partition coefficient (Wildman–Crippen LogP) is 4.65. The Labute approximate surface area is 124 Å². The van der Waals surface area contributed by atoms with Gasteiger partial charge >= 0.3 is 0 Å². The highest BCUT2D eigenvalue weighted by atomic mass is 35.5. The Bertz CT molecular complexity index is 623. The molecule has 2 aromatic carbocycles. The van der Waals surface area contributed by atoms with Gasteiger partial charge in [-0.2, -0.15) is 0 Å². The van der Waals surface area contributed by atoms with Crippen LogP contribution in [0.2, 0.25) is 10.0 Å². The molecule has 6 heteroatoms. The molecule has 0 heterocycles. The first-order valence-electron chi connectivity index (χ1n) is 5.72. The van der Waals surface area contributed by atoms with Crippen LogP contribution in [-0.2, 0) is 6.42 Å². The van der Waals surface area contributed by atoms with E-state index in [1.165, 1.54) is 0 Å². The molecule has 0 aliphatic heterocycles. The van der Waals surface area contributed by atoms with Gasteiger partial charge in [-0.1, -0.05) is 29.3 Å². The predicted molar refractivity (Wildman–Crippen MR) is 73.4 cm³/mol. The largest absolute Gasteiger partial charge is 0.324 e. The first kappa shape index (κ1) is 15.2. The van der Waals surface area contributed by atoms with Crippen molar-refractivity contribution in [1.29, 1.82) is 0 Å². The average molecular weight is 320 g/mol. The fraction of sp³-hybridized carbons (Fsp3) is 0.143. The minimum Gasteiger partial charge on any atom is -0.324 e. The number of rotatable bonds is 3. The Hall–Kier alpha value is -1.23. The minimum absolute atomic E-state index is 0.160. The van der Waals surface area contributed by atoms with E-state index in [2.05, 4.69) is 0 Å². The molecular formula is C14H10Cl2F3N. The van der Waals surface area contributed by atoms with E-state index in [0.717, 1.165) is 12.1 Å². The molecule has 0 aliphatic carbocycles. The maximum absolute atomic E-state index is 13.2. The lowest BCUT2D eigenvalue weighted by molar-refractivity contribution is 0.443. The normalized spacial score (nSPS) is 12.5. The van der Waals surface area contributed by atoms with Crippen LogP contribution in [0.5, 0.6) is 0 Å². The maximum atomic E-state index is 13.2. The summed E-state index contributed by atoms with van der Waals surface area (Å²) in [5.41, 5.74) is 6.72. The smallest absolute Gasteiger partial charge is 0.194 e. The third-order valence-electron chi connectivity index (χ3n) is 2.89. The Balaban J connectivity index is 2.26. The summed E-state index contributed by atoms with van der Waals surface area (Å²) >= 11 is 11.8. The third-order valence-corrected chi connectivity index (χ3v) is 3.48. The lowest BCUT2D eigenvalue weighted by atomic mass is 9.99. The van der Waals surface area contributed by atoms with Gasteiger partial charge in [0.05, 0.1) is 0 Å². The summed E-state index contributed by atoms with van der Waals surface area (Å²) in [4.78, 5) is 0. The van der Waals surface area contributed by atoms with Gasteiger partial charge in [-0.3, -0.25) is 0 Å². The van der Waals surface area contributed by atoms with Crippen LogP contribution in [0.3, 0.4) is 0 Å². The second-order valence-electron chi connectivity index (χ2n) is 4.34. The van der Waals surface area contributed by atoms with Crippen molar-refractivity contribution in [1.82, 2.24) is 0 Å². The van der Waals surface area contributed by atoms with E-state index in [4.69, 9.17) is 28.9 Å². The summed E-state index contributed by atoms with van der Waals surface area (Å²) in [5, 5.41) is 0.891. The lowest BCUT2D eigenvalue weighted by Crippen LogP contribution is -2.14. The summed E-state index contributed by atoms with van der Waals surface area (Å²) in [6.45, 7) is 0. The number of benzene rings is 2. The Morgan fingerprint density at radius 2 is 1.60 bits per heavy atom. The molecule has 1 nitrogen and oxygen atoms in total. The first-order valence-corrected chi connectivity index (χ1v) is 6.48. The molecule has 0 aromatic heterocycles. The molecule has 106 valence electrons. The number of hydrogen-bond acceptors (Lipinski definition) is 1. The first-order chi connectivity index (χ1) is 9.38. The number of hydrogen-bond donors (Lipinski definition) is 1. The van der Waals surface area contributed by atoms with Crippen LogP contribution in [-0.4, -0.2) is 0 Å². The SMILES string of the molecule is NC(Cc1ccc(Cl)cc1Cl)c1cc(F)c(F)c(F)c1. The van der Waals surface area contributed by atoms with Crippen LogP contribution in [0.4, 0.5) is 13.2 Å². The van der Waals surface area contributed by atoms with Crippen molar-refractivity contribution in [2.75, 3.05) is 0 Å². The van der Waals surface area contributed by atoms with Crippen LogP contribution < -0.4 is 5.73 Å². The second-order valence-corrected chi connectivity index (χ2v) is 5.19. The van der Waals surface area contributed by atoms with Gasteiger partial charge in [0.1, 0.15) is 0 Å². The van der Waals surface area contributed by atoms with E-state index in [9.17, 15) is 13.2 Å². The molecule has 2 aromatic rings. The summed E-state index contributed by atoms with van der Waals surface area (Å²) < 4.78 is 39.2. The lowest BCUT2D eigenvalue weighted by Gasteiger charge is -2.14. The van der Waals surface area contributed by atoms with Crippen LogP contribution in [0.1, 0.15) is 17.2 Å². The fourth-order valence-electron chi connectivity index (χ4n) is 1.83. The van der Waals surface area contributed by atoms with Crippen LogP contribution in [0.15, 0.2) is 30.3 Å². The average Bonchev–Trinajstić information content (AvgIpc) is 2.38. The van der Waals surface area contributed by atoms with Crippen molar-refractivity contribution in [3.63, 3.8) is 0 Å². The summed E-state index contributed by atoms with van der Waals surface area (Å²) in [7, 11) is 0. The van der Waals surface area contributed by atoms with Crippen LogP contribution in [0, 0.1) is 17.5 Å². The molecule has 1 atom stereocenters. The highest BCUT2D eigenvalue weighted by molar-refractivity contribution is 6.35. The van der Waals surface area contributed by atoms with Gasteiger partial charge in [0.25, 0.3) is 0 Å². The monoisotopic (exact) mass is 319 g/mol. The van der Waals surface area contributed by atoms with E-state index in [0.29, 0.717) is 15.6 Å². The van der Waals surface area contributed by atoms with Crippen LogP contribution in [0.25, 0.3) is 0 Å². The molecular weight excluding hydrogens is 310 g/mol. The standard InChI is InChI=1S/C14H10Cl2F3N/c15-9-2-1-7(10(16)6-9)5-13(20)8-3-11(17)14(19)12(18)4-8/h1-4,6,13H,5,20H2. The Morgan fingerprint density at radius 3 is 2.15 bits per heavy atom. The third kappa shape index (κ3) is 3.26. The van der Waals surface area contributed by atoms with Gasteiger partial charge < -0.3 is 5.73 Å². The van der Waals surface area contributed by atoms with E-state index in [1.807, 2.05) is 0 Å². The van der Waals surface area contributed by atoms with Gasteiger partial charge in [0.15, 0.2) is 17.5 Å². The molecule has 20 heavy (non-hydrogen) atoms. The van der Waals surface area contributed by atoms with Gasteiger partial charge in [0, 0.05) is 16.1 Å². The maximum Gasteiger partial charge on any atom is 0.194 e. The molecule has 0 aliphatic rings. The molecule has 0 saturated carbocycles. The number of halogens is 5. The zero-order chi connectivity index (χ0) is 14.9. The molecule has 1 unspecified atom stereocenters. The van der Waals surface area contributed by atoms with Gasteiger partial charge in [-0.05, 0) is 41.8 Å². The van der Waals surface area contributed by atoms with Crippen molar-refractivity contribution < 1.29 is 13.2 Å². The minimum atomic E-state index is -1.51. The van der Waals surface area contributed by atoms with Crippen molar-refractivity contribution in [3.05, 3.63) is 69.0 Å². The molecule has 0 radical (unpaired) electrons. The topological polar surface area (TPSA) is 26.0 Å². The van der Waals surface area contributed by atoms with Crippen molar-refractivity contribution >= 4 is 23.2 Å². The van der Waals surface area contributed by atoms with E-state index in [1.54, 1.807) is 18.2 Å². The Morgan fingerprint density at radius 1 is 1.00 bits per heavy atom. The summed E-state index contributed by atoms with van der Waals surface area (Å²) in [6.07, 6.45) is 0.251. The molecule has 0 saturated heterocycles. The molecule has 2 N–H and O–H groups in total. The fourth-order valence-corrected chi connectivity index (χ4v) is 2.32. The Kier molecular flexibility index (Phi) is 4.58. The zero-order valence-corrected chi connectivity index (χ0v) is 11.7. The van der Waals surface area contributed by atoms with Gasteiger partial charge in [-0.15, -0.1) is 0 Å². The van der Waals surface area contributed by atoms with Crippen molar-refractivity contribution in [2.45, 2.75) is 12.5 Å². The number of nitrogens with two attached hydrogens (primary N) is 1. The van der Waals surface area contributed by atoms with Crippen molar-refractivity contribution in [2.24, 2.45) is 5.73 Å². The van der Waals surface area contributed by atoms with Crippen LogP contribution >= 0.6 is 23.2 Å². The quantitative estimate of drug-likeness (QED) is 0.818. The molecule has 0 bridgehead atoms. The molecule has 0 amide bonds. The highest BCUT2D eigenvalue weighted by Gasteiger charge is 2.16. The summed E-state index contributed by atoms with van der Waals surface area (Å²) in [5.74, 6) is -4.04. The van der Waals surface area contributed by atoms with Gasteiger partial charge in [-0.25, -0.2) is 13.2 Å². The van der Waals surface area contributed by atoms with E-state index < -0.39 is 23.5 Å². The molecule has 0 fully saturated rings. The van der Waals surface area contributed by atoms with Crippen molar-refractivity contribution in [3.8, 4) is 0 Å². The highest BCUT2D eigenvalue weighted by Crippen LogP contribution is 2.26. The second kappa shape index (κ2) is 6.04. The molecule has 2 rings (SSSR count). The molecule has 0 spiro atoms. The van der Waals surface area contributed by atoms with Gasteiger partial charge in [0.2, 0.25) is 0 Å².